The van der Waals surface area contributed by atoms with Crippen LogP contribution in [0.2, 0.25) is 0 Å². The lowest BCUT2D eigenvalue weighted by atomic mass is 10.0. The normalized spacial score (nSPS) is 17.5. The lowest BCUT2D eigenvalue weighted by molar-refractivity contribution is 0.455. The van der Waals surface area contributed by atoms with Crippen LogP contribution in [-0.2, 0) is 6.54 Å². The summed E-state index contributed by atoms with van der Waals surface area (Å²) in [6, 6.07) is 4.45. The molecular formula is C14H23N. The molecule has 15 heavy (non-hydrogen) atoms. The van der Waals surface area contributed by atoms with E-state index in [0.717, 1.165) is 5.92 Å². The summed E-state index contributed by atoms with van der Waals surface area (Å²) in [6.07, 6.45) is 8.74. The lowest BCUT2D eigenvalue weighted by Gasteiger charge is -2.12. The fourth-order valence-electron chi connectivity index (χ4n) is 2.89. The van der Waals surface area contributed by atoms with Crippen LogP contribution in [0.15, 0.2) is 12.1 Å². The molecular weight excluding hydrogens is 182 g/mol. The maximum atomic E-state index is 2.45. The number of hydrogen-bond acceptors (Lipinski definition) is 0. The van der Waals surface area contributed by atoms with Gasteiger partial charge in [-0.1, -0.05) is 25.7 Å². The molecule has 1 aliphatic carbocycles. The maximum Gasteiger partial charge on any atom is 0.0224 e. The summed E-state index contributed by atoms with van der Waals surface area (Å²) in [4.78, 5) is 0. The van der Waals surface area contributed by atoms with Gasteiger partial charge in [-0.3, -0.25) is 0 Å². The van der Waals surface area contributed by atoms with E-state index < -0.39 is 0 Å². The fraction of sp³-hybridized carbons (Fsp3) is 0.714. The fourth-order valence-corrected chi connectivity index (χ4v) is 2.89. The van der Waals surface area contributed by atoms with E-state index in [1.807, 2.05) is 0 Å². The zero-order valence-corrected chi connectivity index (χ0v) is 10.1. The van der Waals surface area contributed by atoms with Crippen LogP contribution in [0.4, 0.5) is 0 Å². The first kappa shape index (κ1) is 10.8. The van der Waals surface area contributed by atoms with E-state index in [1.165, 1.54) is 56.5 Å². The first-order valence-electron chi connectivity index (χ1n) is 6.40. The summed E-state index contributed by atoms with van der Waals surface area (Å²) in [5.41, 5.74) is 2.83. The van der Waals surface area contributed by atoms with E-state index in [9.17, 15) is 0 Å². The van der Waals surface area contributed by atoms with Crippen LogP contribution in [-0.4, -0.2) is 4.57 Å². The van der Waals surface area contributed by atoms with Crippen LogP contribution in [0.25, 0.3) is 0 Å². The molecule has 0 amide bonds. The Balaban J connectivity index is 1.77. The molecule has 84 valence electrons. The van der Waals surface area contributed by atoms with Crippen molar-refractivity contribution in [2.45, 2.75) is 58.9 Å². The molecule has 0 aliphatic heterocycles. The Kier molecular flexibility index (Phi) is 3.50. The molecule has 0 radical (unpaired) electrons. The largest absolute Gasteiger partial charge is 0.349 e. The lowest BCUT2D eigenvalue weighted by Crippen LogP contribution is -2.04. The topological polar surface area (TPSA) is 4.93 Å². The predicted octanol–water partition coefficient (Wildman–Crippen LogP) is 4.08. The van der Waals surface area contributed by atoms with E-state index in [0.29, 0.717) is 0 Å². The van der Waals surface area contributed by atoms with Gasteiger partial charge in [-0.2, -0.15) is 0 Å². The summed E-state index contributed by atoms with van der Waals surface area (Å²) < 4.78 is 2.45. The monoisotopic (exact) mass is 205 g/mol. The summed E-state index contributed by atoms with van der Waals surface area (Å²) in [5, 5.41) is 0. The van der Waals surface area contributed by atoms with Gasteiger partial charge in [-0.05, 0) is 44.7 Å². The molecule has 0 unspecified atom stereocenters. The number of aromatic nitrogens is 1. The number of rotatable bonds is 4. The van der Waals surface area contributed by atoms with Crippen molar-refractivity contribution in [3.05, 3.63) is 23.5 Å². The second kappa shape index (κ2) is 4.87. The van der Waals surface area contributed by atoms with Gasteiger partial charge in [-0.15, -0.1) is 0 Å². The van der Waals surface area contributed by atoms with E-state index >= 15 is 0 Å². The van der Waals surface area contributed by atoms with Gasteiger partial charge in [0.15, 0.2) is 0 Å². The van der Waals surface area contributed by atoms with Crippen molar-refractivity contribution in [2.75, 3.05) is 0 Å². The Hall–Kier alpha value is -0.720. The van der Waals surface area contributed by atoms with E-state index in [-0.39, 0.29) is 0 Å². The molecule has 1 aliphatic rings. The standard InChI is InChI=1S/C14H23N/c1-12-9-10-13(2)15(12)11-5-8-14-6-3-4-7-14/h9-10,14H,3-8,11H2,1-2H3. The third-order valence-corrected chi connectivity index (χ3v) is 3.89. The Morgan fingerprint density at radius 3 is 2.33 bits per heavy atom. The minimum atomic E-state index is 1.04. The number of hydrogen-bond donors (Lipinski definition) is 0. The maximum absolute atomic E-state index is 2.45. The predicted molar refractivity (Wildman–Crippen MR) is 65.1 cm³/mol. The molecule has 1 heteroatoms. The SMILES string of the molecule is Cc1ccc(C)n1CCCC1CCCC1. The van der Waals surface area contributed by atoms with E-state index in [4.69, 9.17) is 0 Å². The molecule has 0 bridgehead atoms. The van der Waals surface area contributed by atoms with Crippen LogP contribution in [0, 0.1) is 19.8 Å². The molecule has 1 aromatic rings. The Morgan fingerprint density at radius 2 is 1.73 bits per heavy atom. The Labute approximate surface area is 93.5 Å². The van der Waals surface area contributed by atoms with Gasteiger partial charge in [0, 0.05) is 17.9 Å². The highest BCUT2D eigenvalue weighted by Crippen LogP contribution is 2.28. The highest BCUT2D eigenvalue weighted by molar-refractivity contribution is 5.13. The van der Waals surface area contributed by atoms with Gasteiger partial charge >= 0.3 is 0 Å². The van der Waals surface area contributed by atoms with Crippen LogP contribution >= 0.6 is 0 Å². The smallest absolute Gasteiger partial charge is 0.0224 e. The molecule has 1 nitrogen and oxygen atoms in total. The average molecular weight is 205 g/mol. The number of nitrogens with zero attached hydrogens (tertiary/aromatic N) is 1. The summed E-state index contributed by atoms with van der Waals surface area (Å²) in [6.45, 7) is 5.65. The highest BCUT2D eigenvalue weighted by Gasteiger charge is 2.14. The van der Waals surface area contributed by atoms with Crippen molar-refractivity contribution in [2.24, 2.45) is 5.92 Å². The molecule has 1 fully saturated rings. The minimum Gasteiger partial charge on any atom is -0.349 e. The minimum absolute atomic E-state index is 1.04. The van der Waals surface area contributed by atoms with Crippen LogP contribution in [0.3, 0.4) is 0 Å². The second-order valence-corrected chi connectivity index (χ2v) is 5.06. The Bertz CT molecular complexity index is 286. The average Bonchev–Trinajstić information content (AvgIpc) is 2.82. The molecule has 0 saturated heterocycles. The molecule has 0 atom stereocenters. The van der Waals surface area contributed by atoms with Crippen molar-refractivity contribution >= 4 is 0 Å². The van der Waals surface area contributed by atoms with Crippen molar-refractivity contribution < 1.29 is 0 Å². The first-order valence-corrected chi connectivity index (χ1v) is 6.40. The zero-order valence-electron chi connectivity index (χ0n) is 10.1. The summed E-state index contributed by atoms with van der Waals surface area (Å²) in [5.74, 6) is 1.04. The van der Waals surface area contributed by atoms with Crippen LogP contribution in [0.1, 0.15) is 49.9 Å². The quantitative estimate of drug-likeness (QED) is 0.698. The highest BCUT2D eigenvalue weighted by atomic mass is 15.0. The first-order chi connectivity index (χ1) is 7.27. The van der Waals surface area contributed by atoms with Gasteiger partial charge in [0.25, 0.3) is 0 Å². The molecule has 2 rings (SSSR count). The van der Waals surface area contributed by atoms with E-state index in [1.54, 1.807) is 0 Å². The molecule has 0 spiro atoms. The zero-order chi connectivity index (χ0) is 10.7. The van der Waals surface area contributed by atoms with Gasteiger partial charge in [0.2, 0.25) is 0 Å². The van der Waals surface area contributed by atoms with Gasteiger partial charge in [-0.25, -0.2) is 0 Å². The Morgan fingerprint density at radius 1 is 1.13 bits per heavy atom. The van der Waals surface area contributed by atoms with Crippen LogP contribution < -0.4 is 0 Å². The summed E-state index contributed by atoms with van der Waals surface area (Å²) >= 11 is 0. The van der Waals surface area contributed by atoms with Crippen molar-refractivity contribution in [3.8, 4) is 0 Å². The third-order valence-electron chi connectivity index (χ3n) is 3.89. The van der Waals surface area contributed by atoms with Crippen molar-refractivity contribution in [1.82, 2.24) is 4.57 Å². The summed E-state index contributed by atoms with van der Waals surface area (Å²) in [7, 11) is 0. The van der Waals surface area contributed by atoms with E-state index in [2.05, 4.69) is 30.5 Å². The third kappa shape index (κ3) is 2.64. The molecule has 1 aromatic heterocycles. The van der Waals surface area contributed by atoms with Gasteiger partial charge in [0.05, 0.1) is 0 Å². The van der Waals surface area contributed by atoms with Crippen molar-refractivity contribution in [1.29, 1.82) is 0 Å². The molecule has 1 heterocycles. The molecule has 0 aromatic carbocycles. The molecule has 1 saturated carbocycles. The molecule has 0 N–H and O–H groups in total. The van der Waals surface area contributed by atoms with Gasteiger partial charge < -0.3 is 4.57 Å². The van der Waals surface area contributed by atoms with Crippen molar-refractivity contribution in [3.63, 3.8) is 0 Å². The van der Waals surface area contributed by atoms with Gasteiger partial charge in [0.1, 0.15) is 0 Å². The van der Waals surface area contributed by atoms with Crippen LogP contribution in [0.5, 0.6) is 0 Å². The number of aryl methyl sites for hydroxylation is 2. The second-order valence-electron chi connectivity index (χ2n) is 5.06.